The molecule has 182 valence electrons. The minimum atomic E-state index is -1.50. The molecular formula is C17H34N4O10. The zero-order chi connectivity index (χ0) is 23.0. The third-order valence-electron chi connectivity index (χ3n) is 6.13. The van der Waals surface area contributed by atoms with Gasteiger partial charge in [-0.2, -0.15) is 0 Å². The van der Waals surface area contributed by atoms with Gasteiger partial charge in [-0.25, -0.2) is 0 Å². The quantitative estimate of drug-likeness (QED) is 0.179. The molecule has 1 aliphatic carbocycles. The molecule has 14 N–H and O–H groups in total. The number of rotatable bonds is 6. The molecule has 2 heterocycles. The highest BCUT2D eigenvalue weighted by molar-refractivity contribution is 4.99. The Labute approximate surface area is 178 Å². The molecule has 2 aliphatic heterocycles. The van der Waals surface area contributed by atoms with Crippen LogP contribution in [0.5, 0.6) is 0 Å². The molecule has 0 aromatic heterocycles. The Morgan fingerprint density at radius 2 is 1.26 bits per heavy atom. The highest BCUT2D eigenvalue weighted by atomic mass is 16.7. The lowest BCUT2D eigenvalue weighted by Gasteiger charge is -2.42. The monoisotopic (exact) mass is 454 g/mol. The molecular weight excluding hydrogens is 420 g/mol. The van der Waals surface area contributed by atoms with Gasteiger partial charge in [-0.1, -0.05) is 0 Å². The van der Waals surface area contributed by atoms with Gasteiger partial charge in [0.1, 0.15) is 42.7 Å². The number of ether oxygens (including phenoxy) is 4. The first-order chi connectivity index (χ1) is 14.6. The molecule has 13 unspecified atom stereocenters. The minimum absolute atomic E-state index is 0.123. The zero-order valence-corrected chi connectivity index (χ0v) is 16.8. The molecule has 0 amide bonds. The van der Waals surface area contributed by atoms with Crippen molar-refractivity contribution in [3.8, 4) is 0 Å². The molecule has 3 rings (SSSR count). The van der Waals surface area contributed by atoms with Gasteiger partial charge in [0.05, 0.1) is 24.9 Å². The van der Waals surface area contributed by atoms with Gasteiger partial charge >= 0.3 is 0 Å². The lowest BCUT2D eigenvalue weighted by Crippen LogP contribution is -2.64. The van der Waals surface area contributed by atoms with Crippen LogP contribution < -0.4 is 22.9 Å². The van der Waals surface area contributed by atoms with Crippen molar-refractivity contribution in [2.75, 3.05) is 13.2 Å². The van der Waals surface area contributed by atoms with Crippen molar-refractivity contribution < 1.29 is 49.6 Å². The predicted molar refractivity (Wildman–Crippen MR) is 102 cm³/mol. The second kappa shape index (κ2) is 10.1. The molecule has 31 heavy (non-hydrogen) atoms. The molecule has 0 aromatic rings. The molecule has 2 saturated heterocycles. The molecule has 0 radical (unpaired) electrons. The summed E-state index contributed by atoms with van der Waals surface area (Å²) in [6.07, 6.45) is -13.8. The fraction of sp³-hybridized carbons (Fsp3) is 1.00. The second-order valence-electron chi connectivity index (χ2n) is 8.30. The summed E-state index contributed by atoms with van der Waals surface area (Å²) in [7, 11) is 0. The molecule has 14 heteroatoms. The van der Waals surface area contributed by atoms with Crippen LogP contribution in [0.25, 0.3) is 0 Å². The lowest BCUT2D eigenvalue weighted by atomic mass is 9.84. The summed E-state index contributed by atoms with van der Waals surface area (Å²) in [6, 6.07) is -2.68. The maximum Gasteiger partial charge on any atom is 0.187 e. The van der Waals surface area contributed by atoms with E-state index in [1.54, 1.807) is 0 Å². The third kappa shape index (κ3) is 4.87. The first kappa shape index (κ1) is 25.1. The van der Waals surface area contributed by atoms with Crippen molar-refractivity contribution in [1.82, 2.24) is 0 Å². The van der Waals surface area contributed by atoms with Crippen molar-refractivity contribution in [3.63, 3.8) is 0 Å². The fourth-order valence-corrected chi connectivity index (χ4v) is 4.16. The van der Waals surface area contributed by atoms with E-state index in [1.807, 2.05) is 0 Å². The number of aliphatic hydroxyl groups is 6. The van der Waals surface area contributed by atoms with Crippen molar-refractivity contribution in [1.29, 1.82) is 0 Å². The Bertz CT molecular complexity index is 577. The van der Waals surface area contributed by atoms with Crippen LogP contribution in [0.3, 0.4) is 0 Å². The molecule has 0 bridgehead atoms. The van der Waals surface area contributed by atoms with Crippen LogP contribution in [-0.2, 0) is 18.9 Å². The number of hydrogen-bond acceptors (Lipinski definition) is 14. The van der Waals surface area contributed by atoms with Crippen molar-refractivity contribution in [3.05, 3.63) is 0 Å². The van der Waals surface area contributed by atoms with Gasteiger partial charge in [0.2, 0.25) is 0 Å². The summed E-state index contributed by atoms with van der Waals surface area (Å²) < 4.78 is 22.3. The van der Waals surface area contributed by atoms with Gasteiger partial charge in [0.15, 0.2) is 12.6 Å². The van der Waals surface area contributed by atoms with E-state index in [4.69, 9.17) is 41.9 Å². The number of nitrogens with two attached hydrogens (primary N) is 4. The molecule has 13 atom stereocenters. The van der Waals surface area contributed by atoms with E-state index in [0.29, 0.717) is 0 Å². The summed E-state index contributed by atoms with van der Waals surface area (Å²) in [4.78, 5) is 0. The predicted octanol–water partition coefficient (Wildman–Crippen LogP) is -6.65. The van der Waals surface area contributed by atoms with E-state index < -0.39 is 92.2 Å². The first-order valence-electron chi connectivity index (χ1n) is 10.2. The van der Waals surface area contributed by atoms with E-state index in [1.165, 1.54) is 0 Å². The lowest BCUT2D eigenvalue weighted by molar-refractivity contribution is -0.280. The maximum absolute atomic E-state index is 10.7. The Kier molecular flexibility index (Phi) is 8.21. The van der Waals surface area contributed by atoms with Gasteiger partial charge < -0.3 is 72.5 Å². The van der Waals surface area contributed by atoms with Gasteiger partial charge in [-0.3, -0.25) is 0 Å². The fourth-order valence-electron chi connectivity index (χ4n) is 4.16. The van der Waals surface area contributed by atoms with Crippen LogP contribution in [0, 0.1) is 0 Å². The van der Waals surface area contributed by atoms with Crippen LogP contribution in [0.15, 0.2) is 0 Å². The summed E-state index contributed by atoms with van der Waals surface area (Å²) in [5, 5.41) is 61.0. The summed E-state index contributed by atoms with van der Waals surface area (Å²) in [6.45, 7) is -0.703. The molecule has 14 nitrogen and oxygen atoms in total. The first-order valence-corrected chi connectivity index (χ1v) is 10.2. The largest absolute Gasteiger partial charge is 0.394 e. The highest BCUT2D eigenvalue weighted by Gasteiger charge is 2.52. The Morgan fingerprint density at radius 1 is 0.710 bits per heavy atom. The molecule has 3 aliphatic rings. The Hall–Kier alpha value is -0.560. The van der Waals surface area contributed by atoms with Crippen LogP contribution in [-0.4, -0.2) is 129 Å². The van der Waals surface area contributed by atoms with Crippen molar-refractivity contribution in [2.24, 2.45) is 22.9 Å². The van der Waals surface area contributed by atoms with Gasteiger partial charge in [-0.05, 0) is 6.42 Å². The van der Waals surface area contributed by atoms with Crippen LogP contribution >= 0.6 is 0 Å². The molecule has 0 aromatic carbocycles. The normalized spacial score (nSPS) is 53.6. The molecule has 0 spiro atoms. The smallest absolute Gasteiger partial charge is 0.187 e. The average Bonchev–Trinajstić information content (AvgIpc) is 3.04. The molecule has 3 fully saturated rings. The Morgan fingerprint density at radius 3 is 1.81 bits per heavy atom. The van der Waals surface area contributed by atoms with E-state index in [9.17, 15) is 30.6 Å². The number of aliphatic hydroxyl groups excluding tert-OH is 6. The van der Waals surface area contributed by atoms with Crippen molar-refractivity contribution in [2.45, 2.75) is 92.1 Å². The topological polar surface area (TPSA) is 262 Å². The van der Waals surface area contributed by atoms with Gasteiger partial charge in [0.25, 0.3) is 0 Å². The summed E-state index contributed by atoms with van der Waals surface area (Å²) in [5.74, 6) is 0. The van der Waals surface area contributed by atoms with Crippen LogP contribution in [0.4, 0.5) is 0 Å². The SMILES string of the molecule is NCC1OC(OC2C(CO)OC(OC3C(O)C(N)CC(N)C3O)C2O)C(N)C(O)C1O. The standard InChI is InChI=1S/C17H34N4O10/c18-2-6-11(25)12(26)8(21)16(28-6)30-14-7(3-22)29-17(13(14)27)31-15-9(23)4(19)1-5(20)10(15)24/h4-17,22-27H,1-3,18-21H2. The van der Waals surface area contributed by atoms with Gasteiger partial charge in [0, 0.05) is 18.6 Å². The zero-order valence-electron chi connectivity index (χ0n) is 16.8. The van der Waals surface area contributed by atoms with E-state index >= 15 is 0 Å². The summed E-state index contributed by atoms with van der Waals surface area (Å²) >= 11 is 0. The average molecular weight is 454 g/mol. The third-order valence-corrected chi connectivity index (χ3v) is 6.13. The second-order valence-corrected chi connectivity index (χ2v) is 8.30. The van der Waals surface area contributed by atoms with Gasteiger partial charge in [-0.15, -0.1) is 0 Å². The minimum Gasteiger partial charge on any atom is -0.394 e. The van der Waals surface area contributed by atoms with E-state index in [0.717, 1.165) is 0 Å². The highest BCUT2D eigenvalue weighted by Crippen LogP contribution is 2.32. The van der Waals surface area contributed by atoms with Crippen LogP contribution in [0.2, 0.25) is 0 Å². The maximum atomic E-state index is 10.7. The van der Waals surface area contributed by atoms with E-state index in [-0.39, 0.29) is 13.0 Å². The van der Waals surface area contributed by atoms with Crippen LogP contribution in [0.1, 0.15) is 6.42 Å². The van der Waals surface area contributed by atoms with E-state index in [2.05, 4.69) is 0 Å². The Balaban J connectivity index is 1.70. The number of hydrogen-bond donors (Lipinski definition) is 10. The van der Waals surface area contributed by atoms with Crippen molar-refractivity contribution >= 4 is 0 Å². The molecule has 1 saturated carbocycles. The summed E-state index contributed by atoms with van der Waals surface area (Å²) in [5.41, 5.74) is 23.1.